The Kier molecular flexibility index (Phi) is 24.2. The van der Waals surface area contributed by atoms with Gasteiger partial charge in [0, 0.05) is 125 Å². The quantitative estimate of drug-likeness (QED) is 0.0601. The van der Waals surface area contributed by atoms with Crippen molar-refractivity contribution in [3.05, 3.63) is 209 Å². The maximum atomic E-state index is 12.0. The predicted molar refractivity (Wildman–Crippen MR) is 404 cm³/mol. The topological polar surface area (TPSA) is 276 Å². The molecule has 2 saturated heterocycles. The summed E-state index contributed by atoms with van der Waals surface area (Å²) in [5, 5.41) is 15.7. The minimum absolute atomic E-state index is 0.185. The molecule has 2 aliphatic rings. The van der Waals surface area contributed by atoms with E-state index in [9.17, 15) is 14.4 Å². The Hall–Kier alpha value is -10.0. The molecule has 1 N–H and O–H groups in total. The van der Waals surface area contributed by atoms with E-state index in [1.165, 1.54) is 18.6 Å². The van der Waals surface area contributed by atoms with Crippen molar-refractivity contribution in [2.75, 3.05) is 41.6 Å². The number of methoxy groups -OCH3 is 3. The third-order valence-corrected chi connectivity index (χ3v) is 18.6. The largest absolute Gasteiger partial charge is 0.497 e. The molecule has 530 valence electrons. The summed E-state index contributed by atoms with van der Waals surface area (Å²) in [6, 6.07) is 28.6. The van der Waals surface area contributed by atoms with Crippen molar-refractivity contribution in [2.45, 2.75) is 91.6 Å². The molecule has 103 heavy (non-hydrogen) atoms. The van der Waals surface area contributed by atoms with Gasteiger partial charge in [0.1, 0.15) is 17.2 Å². The van der Waals surface area contributed by atoms with E-state index in [4.69, 9.17) is 42.3 Å². The standard InChI is InChI=1S/C21H18N4O3.C20H17N5O2.C13H10IN3O.C12H24B2O4.C8H8BrNO2/c1-3-28-21(26)16-8-15(9-22-10-16)19-12-24-25-13-17(11-23-20(19)25)14-4-6-18(27-2)7-5-14;1-21-20(26)15-7-14(8-22-9-15)18-11-24-25-12-16(10-23-19(18)25)13-3-5-17(27-2)6-4-13;1-18-11-4-2-9(3-5-11)10-6-15-13-12(14)7-16-17(13)8-10;1-9(2)10(3,4)16-13(15-9)14-17-11(5,6)12(7,8)18-14;1-2-12-8(11)6-3-7(9)5-10-4-6/h4-13H,3H2,1-2H3;3-12H,1-2H3,(H,21,26);2-8H,1H3;1-8H3;3-5H,2H2,1H3. The Balaban J connectivity index is 0.000000142. The number of carbonyl (C=O) groups is 3. The van der Waals surface area contributed by atoms with E-state index < -0.39 is 20.0 Å². The van der Waals surface area contributed by atoms with Gasteiger partial charge in [-0.25, -0.2) is 38.1 Å². The lowest BCUT2D eigenvalue weighted by Gasteiger charge is -2.32. The number of halogens is 2. The summed E-state index contributed by atoms with van der Waals surface area (Å²) in [4.78, 5) is 60.7. The molecule has 0 radical (unpaired) electrons. The van der Waals surface area contributed by atoms with Crippen molar-refractivity contribution in [3.63, 3.8) is 0 Å². The minimum Gasteiger partial charge on any atom is -0.497 e. The average Bonchev–Trinajstić information content (AvgIpc) is 1.60. The van der Waals surface area contributed by atoms with Gasteiger partial charge in [0.05, 0.1) is 95.8 Å². The van der Waals surface area contributed by atoms with Crippen LogP contribution < -0.4 is 19.5 Å². The number of nitrogens with one attached hydrogen (secondary N) is 1. The average molecular weight is 1570 g/mol. The van der Waals surface area contributed by atoms with Crippen molar-refractivity contribution in [1.82, 2.24) is 64.1 Å². The number of aromatic nitrogens is 12. The molecule has 0 saturated carbocycles. The van der Waals surface area contributed by atoms with E-state index in [0.29, 0.717) is 41.2 Å². The van der Waals surface area contributed by atoms with E-state index in [1.807, 2.05) is 153 Å². The number of nitrogens with zero attached hydrogens (tertiary/aromatic N) is 12. The lowest BCUT2D eigenvalue weighted by molar-refractivity contribution is 0.00578. The van der Waals surface area contributed by atoms with Crippen molar-refractivity contribution in [1.29, 1.82) is 0 Å². The second-order valence-corrected chi connectivity index (χ2v) is 27.3. The first kappa shape index (κ1) is 75.6. The number of ether oxygens (including phenoxy) is 5. The van der Waals surface area contributed by atoms with Gasteiger partial charge in [-0.2, -0.15) is 15.3 Å². The van der Waals surface area contributed by atoms with Gasteiger partial charge in [-0.05, 0) is 179 Å². The number of carbonyl (C=O) groups excluding carboxylic acids is 3. The number of benzene rings is 3. The number of fused-ring (bicyclic) bond motifs is 3. The first-order valence-electron chi connectivity index (χ1n) is 32.7. The van der Waals surface area contributed by atoms with Crippen LogP contribution in [0.15, 0.2) is 188 Å². The summed E-state index contributed by atoms with van der Waals surface area (Å²) in [6.45, 7) is 20.4. The highest BCUT2D eigenvalue weighted by Gasteiger charge is 2.63. The molecule has 0 atom stereocenters. The summed E-state index contributed by atoms with van der Waals surface area (Å²) >= 11 is 5.44. The van der Waals surface area contributed by atoms with E-state index >= 15 is 0 Å². The third-order valence-electron chi connectivity index (χ3n) is 17.4. The highest BCUT2D eigenvalue weighted by Crippen LogP contribution is 2.43. The normalized spacial score (nSPS) is 14.3. The van der Waals surface area contributed by atoms with Gasteiger partial charge in [0.2, 0.25) is 0 Å². The Bertz CT molecular complexity index is 4880. The van der Waals surface area contributed by atoms with Gasteiger partial charge in [0.15, 0.2) is 16.9 Å². The fourth-order valence-electron chi connectivity index (χ4n) is 10.3. The molecule has 0 bridgehead atoms. The van der Waals surface area contributed by atoms with Crippen LogP contribution >= 0.6 is 38.5 Å². The second kappa shape index (κ2) is 32.9. The fourth-order valence-corrected chi connectivity index (χ4v) is 11.2. The van der Waals surface area contributed by atoms with Gasteiger partial charge in [-0.3, -0.25) is 19.7 Å². The lowest BCUT2D eigenvalue weighted by atomic mass is 9.49. The van der Waals surface area contributed by atoms with Crippen LogP contribution in [0, 0.1) is 3.57 Å². The highest BCUT2D eigenvalue weighted by atomic mass is 127. The zero-order valence-corrected chi connectivity index (χ0v) is 63.2. The molecule has 12 aromatic rings. The molecule has 25 nitrogen and oxygen atoms in total. The zero-order chi connectivity index (χ0) is 73.8. The van der Waals surface area contributed by atoms with E-state index in [2.05, 4.69) is 89.0 Å². The Morgan fingerprint density at radius 3 is 1.16 bits per heavy atom. The summed E-state index contributed by atoms with van der Waals surface area (Å²) in [6.07, 6.45) is 26.0. The maximum absolute atomic E-state index is 12.0. The van der Waals surface area contributed by atoms with Gasteiger partial charge in [-0.1, -0.05) is 36.4 Å². The minimum atomic E-state index is -0.476. The molecule has 0 unspecified atom stereocenters. The van der Waals surface area contributed by atoms with Crippen molar-refractivity contribution in [3.8, 4) is 72.9 Å². The monoisotopic (exact) mass is 1570 g/mol. The molecule has 0 spiro atoms. The molecule has 9 aromatic heterocycles. The maximum Gasteiger partial charge on any atom is 0.488 e. The van der Waals surface area contributed by atoms with Gasteiger partial charge in [-0.15, -0.1) is 0 Å². The van der Waals surface area contributed by atoms with Crippen LogP contribution in [0.25, 0.3) is 72.6 Å². The first-order chi connectivity index (χ1) is 49.3. The summed E-state index contributed by atoms with van der Waals surface area (Å²) < 4.78 is 56.3. The number of rotatable bonds is 14. The molecule has 3 aromatic carbocycles. The van der Waals surface area contributed by atoms with Gasteiger partial charge >= 0.3 is 26.0 Å². The molecule has 0 aliphatic carbocycles. The summed E-state index contributed by atoms with van der Waals surface area (Å²) in [5.41, 5.74) is 11.4. The SMILES string of the molecule is CC1(C)OB(B2OC(C)(C)C(C)(C)O2)OC1(C)C.CCOC(=O)c1cncc(-c2cnn3cc(-c4ccc(OC)cc4)cnc23)c1.CCOC(=O)c1cncc(Br)c1.CNC(=O)c1cncc(-c2cnn3cc(-c4ccc(OC)cc4)cnc23)c1.COc1ccc(-c2cnc3c(I)cnn3c2)cc1. The Morgan fingerprint density at radius 2 is 0.786 bits per heavy atom. The number of hydrogen-bond acceptors (Lipinski definition) is 21. The smallest absolute Gasteiger partial charge is 0.488 e. The Morgan fingerprint density at radius 1 is 0.447 bits per heavy atom. The van der Waals surface area contributed by atoms with Crippen LogP contribution in [0.1, 0.15) is 100 Å². The van der Waals surface area contributed by atoms with Gasteiger partial charge < -0.3 is 47.6 Å². The Labute approximate surface area is 618 Å². The van der Waals surface area contributed by atoms with E-state index in [0.717, 1.165) is 86.6 Å². The van der Waals surface area contributed by atoms with E-state index in [1.54, 1.807) is 124 Å². The third kappa shape index (κ3) is 17.9. The van der Waals surface area contributed by atoms with Crippen LogP contribution in [0.3, 0.4) is 0 Å². The van der Waals surface area contributed by atoms with Crippen LogP contribution in [-0.2, 0) is 28.1 Å². The van der Waals surface area contributed by atoms with Crippen molar-refractivity contribution < 1.29 is 56.7 Å². The van der Waals surface area contributed by atoms with Gasteiger partial charge in [0.25, 0.3) is 5.91 Å². The molecule has 11 heterocycles. The molecule has 2 fully saturated rings. The zero-order valence-electron chi connectivity index (χ0n) is 59.4. The van der Waals surface area contributed by atoms with Crippen molar-refractivity contribution in [2.24, 2.45) is 0 Å². The number of esters is 2. The number of amides is 1. The number of pyridine rings is 3. The molecular weight excluding hydrogens is 1490 g/mol. The molecular formula is C74H77B2BrIN13O12. The molecule has 14 rings (SSSR count). The summed E-state index contributed by atoms with van der Waals surface area (Å²) in [7, 11) is 5.58. The molecule has 1 amide bonds. The molecule has 29 heteroatoms. The summed E-state index contributed by atoms with van der Waals surface area (Å²) in [5.74, 6) is 1.53. The van der Waals surface area contributed by atoms with E-state index in [-0.39, 0.29) is 34.3 Å². The number of hydrogen-bond donors (Lipinski definition) is 1. The fraction of sp³-hybridized carbons (Fsp3) is 0.270. The van der Waals surface area contributed by atoms with Crippen LogP contribution in [-0.4, -0.2) is 155 Å². The van der Waals surface area contributed by atoms with Crippen LogP contribution in [0.4, 0.5) is 0 Å². The lowest BCUT2D eigenvalue weighted by Crippen LogP contribution is -2.41. The van der Waals surface area contributed by atoms with Crippen molar-refractivity contribution >= 4 is 87.3 Å². The predicted octanol–water partition coefficient (Wildman–Crippen LogP) is 13.7. The van der Waals surface area contributed by atoms with Crippen LogP contribution in [0.5, 0.6) is 17.2 Å². The second-order valence-electron chi connectivity index (χ2n) is 25.2. The highest BCUT2D eigenvalue weighted by molar-refractivity contribution is 14.1. The first-order valence-corrected chi connectivity index (χ1v) is 34.5. The molecule has 2 aliphatic heterocycles. The van der Waals surface area contributed by atoms with Crippen LogP contribution in [0.2, 0.25) is 0 Å².